The quantitative estimate of drug-likeness (QED) is 0.204. The van der Waals surface area contributed by atoms with Gasteiger partial charge in [0, 0.05) is 47.4 Å². The molecule has 0 amide bonds. The molecular formula is C29H33N2O3+. The maximum Gasteiger partial charge on any atom is 0.337 e. The fourth-order valence-corrected chi connectivity index (χ4v) is 4.64. The van der Waals surface area contributed by atoms with Crippen LogP contribution in [0.1, 0.15) is 38.1 Å². The van der Waals surface area contributed by atoms with Gasteiger partial charge in [0.1, 0.15) is 24.4 Å². The molecule has 34 heavy (non-hydrogen) atoms. The monoisotopic (exact) mass is 457 g/mol. The van der Waals surface area contributed by atoms with Gasteiger partial charge in [-0.3, -0.25) is 0 Å². The van der Waals surface area contributed by atoms with E-state index in [9.17, 15) is 4.79 Å². The molecule has 5 nitrogen and oxygen atoms in total. The summed E-state index contributed by atoms with van der Waals surface area (Å²) >= 11 is 0. The number of rotatable bonds is 7. The molecule has 0 atom stereocenters. The van der Waals surface area contributed by atoms with E-state index in [1.54, 1.807) is 0 Å². The van der Waals surface area contributed by atoms with Gasteiger partial charge in [-0.2, -0.15) is 0 Å². The van der Waals surface area contributed by atoms with Crippen LogP contribution in [0.4, 0.5) is 5.69 Å². The molecule has 0 unspecified atom stereocenters. The van der Waals surface area contributed by atoms with Crippen LogP contribution in [-0.4, -0.2) is 39.3 Å². The molecule has 2 aromatic carbocycles. The number of hydrogen-bond donors (Lipinski definition) is 0. The van der Waals surface area contributed by atoms with Crippen LogP contribution in [0, 0.1) is 0 Å². The molecule has 0 bridgehead atoms. The van der Waals surface area contributed by atoms with Crippen LogP contribution in [0.15, 0.2) is 65.1 Å². The fraction of sp³-hybridized carbons (Fsp3) is 0.310. The summed E-state index contributed by atoms with van der Waals surface area (Å²) in [7, 11) is 1.40. The third-order valence-electron chi connectivity index (χ3n) is 6.54. The van der Waals surface area contributed by atoms with Crippen LogP contribution in [-0.2, 0) is 4.74 Å². The van der Waals surface area contributed by atoms with E-state index in [-0.39, 0.29) is 5.97 Å². The van der Waals surface area contributed by atoms with Gasteiger partial charge in [-0.05, 0) is 63.6 Å². The highest BCUT2D eigenvalue weighted by Crippen LogP contribution is 2.40. The SMILES string of the molecule is CCN(CC)c1ccc2c(-c3ccc(C(=O)OC)cc3)c3ccc(=[N+](CC)CC)cc-3oc2c1. The summed E-state index contributed by atoms with van der Waals surface area (Å²) in [5, 5.41) is 2.19. The normalized spacial score (nSPS) is 11.1. The van der Waals surface area contributed by atoms with Crippen molar-refractivity contribution < 1.29 is 13.9 Å². The second-order valence-electron chi connectivity index (χ2n) is 8.25. The third-order valence-corrected chi connectivity index (χ3v) is 6.54. The second kappa shape index (κ2) is 10.1. The van der Waals surface area contributed by atoms with Crippen molar-refractivity contribution in [3.63, 3.8) is 0 Å². The van der Waals surface area contributed by atoms with Gasteiger partial charge in [0.2, 0.25) is 5.36 Å². The van der Waals surface area contributed by atoms with Gasteiger partial charge in [0.05, 0.1) is 18.7 Å². The minimum Gasteiger partial charge on any atom is -0.465 e. The number of benzene rings is 3. The average molecular weight is 458 g/mol. The van der Waals surface area contributed by atoms with Crippen LogP contribution in [0.3, 0.4) is 0 Å². The first-order chi connectivity index (χ1) is 16.5. The van der Waals surface area contributed by atoms with Gasteiger partial charge in [0.25, 0.3) is 0 Å². The number of carbonyl (C=O) groups is 1. The smallest absolute Gasteiger partial charge is 0.337 e. The fourth-order valence-electron chi connectivity index (χ4n) is 4.64. The zero-order valence-electron chi connectivity index (χ0n) is 20.7. The van der Waals surface area contributed by atoms with Crippen LogP contribution in [0.5, 0.6) is 0 Å². The molecule has 1 heterocycles. The van der Waals surface area contributed by atoms with Crippen molar-refractivity contribution >= 4 is 22.6 Å². The lowest BCUT2D eigenvalue weighted by molar-refractivity contribution is 0.0600. The summed E-state index contributed by atoms with van der Waals surface area (Å²) in [6, 6.07) is 20.5. The molecule has 0 spiro atoms. The first kappa shape index (κ1) is 23.6. The Morgan fingerprint density at radius 3 is 2.24 bits per heavy atom. The number of fused-ring (bicyclic) bond motifs is 2. The number of hydrogen-bond acceptors (Lipinski definition) is 4. The highest BCUT2D eigenvalue weighted by atomic mass is 16.5. The molecule has 2 aromatic rings. The van der Waals surface area contributed by atoms with Crippen molar-refractivity contribution in [2.24, 2.45) is 0 Å². The van der Waals surface area contributed by atoms with E-state index < -0.39 is 0 Å². The molecule has 0 radical (unpaired) electrons. The highest BCUT2D eigenvalue weighted by Gasteiger charge is 2.19. The Labute approximate surface area is 201 Å². The van der Waals surface area contributed by atoms with Gasteiger partial charge in [-0.25, -0.2) is 9.37 Å². The van der Waals surface area contributed by atoms with E-state index in [0.29, 0.717) is 5.56 Å². The predicted molar refractivity (Wildman–Crippen MR) is 140 cm³/mol. The Bertz CT molecular complexity index is 1340. The van der Waals surface area contributed by atoms with E-state index in [1.807, 2.05) is 24.3 Å². The summed E-state index contributed by atoms with van der Waals surface area (Å²) < 4.78 is 13.7. The summed E-state index contributed by atoms with van der Waals surface area (Å²) in [5.74, 6) is 0.512. The number of esters is 1. The van der Waals surface area contributed by atoms with Gasteiger partial charge in [-0.15, -0.1) is 0 Å². The molecule has 5 heteroatoms. The van der Waals surface area contributed by atoms with Crippen molar-refractivity contribution in [2.75, 3.05) is 38.2 Å². The van der Waals surface area contributed by atoms with E-state index in [1.165, 1.54) is 7.11 Å². The van der Waals surface area contributed by atoms with Gasteiger partial charge in [0.15, 0.2) is 0 Å². The molecule has 0 aromatic heterocycles. The van der Waals surface area contributed by atoms with Gasteiger partial charge in [-0.1, -0.05) is 12.1 Å². The molecule has 4 rings (SSSR count). The molecular weight excluding hydrogens is 424 g/mol. The maximum atomic E-state index is 12.0. The second-order valence-corrected chi connectivity index (χ2v) is 8.25. The average Bonchev–Trinajstić information content (AvgIpc) is 2.88. The zero-order chi connectivity index (χ0) is 24.2. The summed E-state index contributed by atoms with van der Waals surface area (Å²) in [4.78, 5) is 14.3. The topological polar surface area (TPSA) is 45.7 Å². The number of anilines is 1. The minimum absolute atomic E-state index is 0.336. The lowest BCUT2D eigenvalue weighted by atomic mass is 9.93. The molecule has 0 N–H and O–H groups in total. The Balaban J connectivity index is 2.02. The number of ether oxygens (including phenoxy) is 1. The summed E-state index contributed by atoms with van der Waals surface area (Å²) in [6.45, 7) is 12.4. The number of nitrogens with zero attached hydrogens (tertiary/aromatic N) is 2. The Morgan fingerprint density at radius 1 is 0.912 bits per heavy atom. The first-order valence-electron chi connectivity index (χ1n) is 12.1. The Morgan fingerprint density at radius 2 is 1.62 bits per heavy atom. The Kier molecular flexibility index (Phi) is 7.01. The molecule has 1 aliphatic carbocycles. The van der Waals surface area contributed by atoms with Crippen molar-refractivity contribution in [1.29, 1.82) is 0 Å². The van der Waals surface area contributed by atoms with Crippen LogP contribution in [0.2, 0.25) is 0 Å². The van der Waals surface area contributed by atoms with E-state index in [4.69, 9.17) is 9.15 Å². The largest absolute Gasteiger partial charge is 0.465 e. The number of carbonyl (C=O) groups excluding carboxylic acids is 1. The van der Waals surface area contributed by atoms with Gasteiger partial charge < -0.3 is 14.1 Å². The van der Waals surface area contributed by atoms with Crippen molar-refractivity contribution in [3.8, 4) is 22.5 Å². The van der Waals surface area contributed by atoms with Crippen molar-refractivity contribution in [3.05, 3.63) is 71.6 Å². The van der Waals surface area contributed by atoms with Crippen LogP contribution in [0.25, 0.3) is 33.4 Å². The molecule has 2 aliphatic rings. The third kappa shape index (κ3) is 4.30. The van der Waals surface area contributed by atoms with Crippen molar-refractivity contribution in [1.82, 2.24) is 4.58 Å². The number of methoxy groups -OCH3 is 1. The zero-order valence-corrected chi connectivity index (χ0v) is 20.7. The predicted octanol–water partition coefficient (Wildman–Crippen LogP) is 5.65. The maximum absolute atomic E-state index is 12.0. The van der Waals surface area contributed by atoms with Crippen LogP contribution >= 0.6 is 0 Å². The van der Waals surface area contributed by atoms with Gasteiger partial charge >= 0.3 is 5.97 Å². The Hall–Kier alpha value is -3.60. The minimum atomic E-state index is -0.336. The summed E-state index contributed by atoms with van der Waals surface area (Å²) in [6.07, 6.45) is 0. The van der Waals surface area contributed by atoms with Crippen molar-refractivity contribution in [2.45, 2.75) is 27.7 Å². The molecule has 176 valence electrons. The van der Waals surface area contributed by atoms with E-state index >= 15 is 0 Å². The van der Waals surface area contributed by atoms with E-state index in [0.717, 1.165) is 70.6 Å². The molecule has 1 aliphatic heterocycles. The molecule has 0 fully saturated rings. The van der Waals surface area contributed by atoms with Crippen LogP contribution < -0.4 is 14.8 Å². The summed E-state index contributed by atoms with van der Waals surface area (Å²) in [5.41, 5.74) is 5.71. The lowest BCUT2D eigenvalue weighted by Crippen LogP contribution is -2.29. The molecule has 0 saturated heterocycles. The first-order valence-corrected chi connectivity index (χ1v) is 12.1. The van der Waals surface area contributed by atoms with E-state index in [2.05, 4.69) is 73.6 Å². The highest BCUT2D eigenvalue weighted by molar-refractivity contribution is 6.03. The lowest BCUT2D eigenvalue weighted by Gasteiger charge is -2.22. The standard InChI is InChI=1S/C29H33N2O3/c1-6-30(7-2)22-14-16-24-26(18-22)34-27-19-23(31(8-3)9-4)15-17-25(27)28(24)20-10-12-21(13-11-20)29(32)33-5/h10-19H,6-9H2,1-5H3/q+1. The molecule has 0 saturated carbocycles.